The molecule has 10 nitrogen and oxygen atoms in total. The molecule has 0 atom stereocenters. The highest BCUT2D eigenvalue weighted by Crippen LogP contribution is 2.37. The Morgan fingerprint density at radius 1 is 1.23 bits per heavy atom. The van der Waals surface area contributed by atoms with E-state index in [2.05, 4.69) is 21.2 Å². The number of methoxy groups -OCH3 is 1. The summed E-state index contributed by atoms with van der Waals surface area (Å²) in [6, 6.07) is 8.69. The number of nitrogens with zero attached hydrogens (tertiary/aromatic N) is 1. The van der Waals surface area contributed by atoms with Crippen molar-refractivity contribution in [2.75, 3.05) is 25.2 Å². The predicted molar refractivity (Wildman–Crippen MR) is 132 cm³/mol. The minimum absolute atomic E-state index is 0.0485. The Kier molecular flexibility index (Phi) is 8.20. The summed E-state index contributed by atoms with van der Waals surface area (Å²) < 4.78 is 16.1. The standard InChI is InChI=1S/C23H19BrN2O8S/c1-3-33-18(27)11-34-19-16(24)8-12(9-17(19)32-2)7-15-20(28)25-23(35)26(21(15)29)14-6-4-5-13(10-14)22(30)31/h4-10H,3,11H2,1-2H3,(H,30,31)(H,25,28,35). The highest BCUT2D eigenvalue weighted by molar-refractivity contribution is 9.10. The molecule has 1 fully saturated rings. The van der Waals surface area contributed by atoms with Crippen LogP contribution in [-0.2, 0) is 19.1 Å². The smallest absolute Gasteiger partial charge is 0.344 e. The lowest BCUT2D eigenvalue weighted by atomic mass is 10.1. The number of anilines is 1. The lowest BCUT2D eigenvalue weighted by Crippen LogP contribution is -2.54. The molecule has 1 aliphatic heterocycles. The van der Waals surface area contributed by atoms with Crippen molar-refractivity contribution in [3.8, 4) is 11.5 Å². The molecule has 0 aliphatic carbocycles. The minimum atomic E-state index is -1.18. The van der Waals surface area contributed by atoms with E-state index in [0.717, 1.165) is 4.90 Å². The van der Waals surface area contributed by atoms with Crippen molar-refractivity contribution in [2.45, 2.75) is 6.92 Å². The lowest BCUT2D eigenvalue weighted by Gasteiger charge is -2.29. The third-order valence-electron chi connectivity index (χ3n) is 4.66. The lowest BCUT2D eigenvalue weighted by molar-refractivity contribution is -0.145. The van der Waals surface area contributed by atoms with Crippen molar-refractivity contribution in [3.05, 3.63) is 57.6 Å². The first-order chi connectivity index (χ1) is 16.7. The number of benzene rings is 2. The van der Waals surface area contributed by atoms with Crippen LogP contribution in [0, 0.1) is 0 Å². The molecule has 1 saturated heterocycles. The maximum absolute atomic E-state index is 13.2. The van der Waals surface area contributed by atoms with Crippen molar-refractivity contribution >= 4 is 68.8 Å². The summed E-state index contributed by atoms with van der Waals surface area (Å²) in [6.07, 6.45) is 1.33. The van der Waals surface area contributed by atoms with Gasteiger partial charge in [-0.3, -0.25) is 19.8 Å². The second-order valence-electron chi connectivity index (χ2n) is 6.94. The average Bonchev–Trinajstić information content (AvgIpc) is 2.81. The van der Waals surface area contributed by atoms with Crippen LogP contribution in [0.3, 0.4) is 0 Å². The number of nitrogens with one attached hydrogen (secondary N) is 1. The van der Waals surface area contributed by atoms with E-state index in [0.29, 0.717) is 10.0 Å². The van der Waals surface area contributed by atoms with Crippen molar-refractivity contribution in [1.82, 2.24) is 5.32 Å². The second-order valence-corrected chi connectivity index (χ2v) is 8.18. The van der Waals surface area contributed by atoms with Crippen LogP contribution in [0.5, 0.6) is 11.5 Å². The van der Waals surface area contributed by atoms with Gasteiger partial charge in [-0.25, -0.2) is 9.59 Å². The van der Waals surface area contributed by atoms with Gasteiger partial charge >= 0.3 is 11.9 Å². The van der Waals surface area contributed by atoms with E-state index in [-0.39, 0.29) is 46.6 Å². The third kappa shape index (κ3) is 5.84. The van der Waals surface area contributed by atoms with Crippen molar-refractivity contribution in [1.29, 1.82) is 0 Å². The van der Waals surface area contributed by atoms with Crippen LogP contribution in [-0.4, -0.2) is 54.3 Å². The van der Waals surface area contributed by atoms with Crippen molar-refractivity contribution < 1.29 is 38.5 Å². The summed E-state index contributed by atoms with van der Waals surface area (Å²) in [5, 5.41) is 11.5. The summed E-state index contributed by atoms with van der Waals surface area (Å²) in [4.78, 5) is 49.8. The maximum atomic E-state index is 13.2. The van der Waals surface area contributed by atoms with E-state index in [1.807, 2.05) is 0 Å². The van der Waals surface area contributed by atoms with Gasteiger partial charge in [0.15, 0.2) is 23.2 Å². The van der Waals surface area contributed by atoms with Gasteiger partial charge in [0.25, 0.3) is 11.8 Å². The van der Waals surface area contributed by atoms with Gasteiger partial charge in [0.2, 0.25) is 0 Å². The molecule has 3 rings (SSSR count). The van der Waals surface area contributed by atoms with Gasteiger partial charge in [0.1, 0.15) is 5.57 Å². The van der Waals surface area contributed by atoms with Crippen LogP contribution in [0.4, 0.5) is 5.69 Å². The maximum Gasteiger partial charge on any atom is 0.344 e. The molecular formula is C23H19BrN2O8S. The van der Waals surface area contributed by atoms with E-state index in [1.165, 1.54) is 43.5 Å². The van der Waals surface area contributed by atoms with E-state index in [9.17, 15) is 24.3 Å². The van der Waals surface area contributed by atoms with Crippen LogP contribution in [0.2, 0.25) is 0 Å². The number of rotatable bonds is 8. The molecule has 1 heterocycles. The summed E-state index contributed by atoms with van der Waals surface area (Å²) in [5.41, 5.74) is 0.302. The van der Waals surface area contributed by atoms with Crippen LogP contribution < -0.4 is 19.7 Å². The first-order valence-electron chi connectivity index (χ1n) is 10.1. The molecule has 35 heavy (non-hydrogen) atoms. The quantitative estimate of drug-likeness (QED) is 0.215. The number of thiocarbonyl (C=S) groups is 1. The molecule has 0 bridgehead atoms. The number of halogens is 1. The molecule has 182 valence electrons. The van der Waals surface area contributed by atoms with E-state index < -0.39 is 23.8 Å². The van der Waals surface area contributed by atoms with Gasteiger partial charge in [-0.15, -0.1) is 0 Å². The zero-order chi connectivity index (χ0) is 25.7. The molecular weight excluding hydrogens is 544 g/mol. The van der Waals surface area contributed by atoms with Crippen molar-refractivity contribution in [2.24, 2.45) is 0 Å². The normalized spacial score (nSPS) is 14.5. The highest BCUT2D eigenvalue weighted by atomic mass is 79.9. The molecule has 0 unspecified atom stereocenters. The predicted octanol–water partition coefficient (Wildman–Crippen LogP) is 2.93. The summed E-state index contributed by atoms with van der Waals surface area (Å²) in [7, 11) is 1.39. The molecule has 0 aromatic heterocycles. The number of hydrogen-bond acceptors (Lipinski definition) is 8. The number of hydrogen-bond donors (Lipinski definition) is 2. The molecule has 2 N–H and O–H groups in total. The summed E-state index contributed by atoms with van der Waals surface area (Å²) >= 11 is 8.50. The zero-order valence-electron chi connectivity index (χ0n) is 18.5. The Hall–Kier alpha value is -3.77. The zero-order valence-corrected chi connectivity index (χ0v) is 20.9. The fraction of sp³-hybridized carbons (Fsp3) is 0.174. The van der Waals surface area contributed by atoms with Gasteiger partial charge in [0, 0.05) is 0 Å². The number of ether oxygens (including phenoxy) is 3. The molecule has 0 spiro atoms. The Morgan fingerprint density at radius 2 is 1.97 bits per heavy atom. The van der Waals surface area contributed by atoms with E-state index >= 15 is 0 Å². The van der Waals surface area contributed by atoms with Crippen LogP contribution in [0.15, 0.2) is 46.4 Å². The molecule has 0 saturated carbocycles. The first-order valence-corrected chi connectivity index (χ1v) is 11.3. The molecule has 2 aromatic carbocycles. The number of carboxylic acid groups (broad SMARTS) is 1. The van der Waals surface area contributed by atoms with Gasteiger partial charge < -0.3 is 19.3 Å². The van der Waals surface area contributed by atoms with Gasteiger partial charge in [-0.1, -0.05) is 6.07 Å². The summed E-state index contributed by atoms with van der Waals surface area (Å²) in [6.45, 7) is 1.55. The fourth-order valence-electron chi connectivity index (χ4n) is 3.13. The van der Waals surface area contributed by atoms with E-state index in [1.54, 1.807) is 13.0 Å². The number of carboxylic acids is 1. The Balaban J connectivity index is 1.96. The molecule has 2 amide bonds. The number of carbonyl (C=O) groups is 4. The first kappa shape index (κ1) is 25.8. The SMILES string of the molecule is CCOC(=O)COc1c(Br)cc(C=C2C(=O)NC(=S)N(c3cccc(C(=O)O)c3)C2=O)cc1OC. The fourth-order valence-corrected chi connectivity index (χ4v) is 3.99. The largest absolute Gasteiger partial charge is 0.493 e. The van der Waals surface area contributed by atoms with E-state index in [4.69, 9.17) is 26.4 Å². The van der Waals surface area contributed by atoms with Gasteiger partial charge in [-0.2, -0.15) is 0 Å². The van der Waals surface area contributed by atoms with Crippen molar-refractivity contribution in [3.63, 3.8) is 0 Å². The van der Waals surface area contributed by atoms with Crippen LogP contribution >= 0.6 is 28.1 Å². The number of carbonyl (C=O) groups excluding carboxylic acids is 3. The second kappa shape index (κ2) is 11.1. The molecule has 1 aliphatic rings. The topological polar surface area (TPSA) is 131 Å². The highest BCUT2D eigenvalue weighted by Gasteiger charge is 2.35. The monoisotopic (exact) mass is 562 g/mol. The number of aromatic carboxylic acids is 1. The Bertz CT molecular complexity index is 1260. The molecule has 12 heteroatoms. The molecule has 0 radical (unpaired) electrons. The summed E-state index contributed by atoms with van der Waals surface area (Å²) in [5.74, 6) is -2.72. The van der Waals surface area contributed by atoms with Gasteiger partial charge in [0.05, 0.1) is 29.4 Å². The Morgan fingerprint density at radius 3 is 2.63 bits per heavy atom. The molecule has 2 aromatic rings. The minimum Gasteiger partial charge on any atom is -0.493 e. The number of esters is 1. The van der Waals surface area contributed by atoms with Crippen LogP contribution in [0.25, 0.3) is 6.08 Å². The number of amides is 2. The average molecular weight is 563 g/mol. The Labute approximate surface area is 213 Å². The van der Waals surface area contributed by atoms with Gasteiger partial charge in [-0.05, 0) is 77.0 Å². The van der Waals surface area contributed by atoms with Crippen LogP contribution in [0.1, 0.15) is 22.8 Å². The third-order valence-corrected chi connectivity index (χ3v) is 5.53.